The summed E-state index contributed by atoms with van der Waals surface area (Å²) in [6.07, 6.45) is 7.67. The van der Waals surface area contributed by atoms with Crippen molar-refractivity contribution < 1.29 is 0 Å². The van der Waals surface area contributed by atoms with Crippen LogP contribution in [0, 0.1) is 0 Å². The average molecular weight is 267 g/mol. The Morgan fingerprint density at radius 2 is 1.85 bits per heavy atom. The van der Waals surface area contributed by atoms with Crippen LogP contribution in [0.25, 0.3) is 5.57 Å². The quantitative estimate of drug-likeness (QED) is 0.769. The molecule has 0 N–H and O–H groups in total. The Balaban J connectivity index is 2.08. The Morgan fingerprint density at radius 3 is 2.65 bits per heavy atom. The van der Waals surface area contributed by atoms with E-state index in [-0.39, 0.29) is 0 Å². The van der Waals surface area contributed by atoms with Crippen LogP contribution in [0.3, 0.4) is 0 Å². The maximum Gasteiger partial charge on any atom is 0.120 e. The SMILES string of the molecule is C=C1/C=C\N=C(C)N(N2CCCCC2)c2ccccc21. The van der Waals surface area contributed by atoms with E-state index in [0.717, 1.165) is 24.5 Å². The Kier molecular flexibility index (Phi) is 3.70. The Labute approximate surface area is 120 Å². The molecule has 0 atom stereocenters. The second-order valence-corrected chi connectivity index (χ2v) is 5.36. The number of piperidine rings is 1. The third-order valence-corrected chi connectivity index (χ3v) is 3.94. The van der Waals surface area contributed by atoms with Gasteiger partial charge in [-0.05, 0) is 37.5 Å². The summed E-state index contributed by atoms with van der Waals surface area (Å²) in [7, 11) is 0. The summed E-state index contributed by atoms with van der Waals surface area (Å²) in [5.74, 6) is 1.02. The van der Waals surface area contributed by atoms with Crippen LogP contribution in [-0.2, 0) is 0 Å². The summed E-state index contributed by atoms with van der Waals surface area (Å²) >= 11 is 0. The van der Waals surface area contributed by atoms with E-state index in [2.05, 4.69) is 52.8 Å². The molecule has 3 rings (SSSR count). The standard InChI is InChI=1S/C17H21N3/c1-14-10-11-18-15(2)20(19-12-6-3-7-13-19)17-9-5-4-8-16(14)17/h4-5,8-11H,1,3,6-7,12-13H2,2H3/b11-10-,18-15?. The van der Waals surface area contributed by atoms with E-state index < -0.39 is 0 Å². The fraction of sp³-hybridized carbons (Fsp3) is 0.353. The molecule has 2 heterocycles. The molecular weight excluding hydrogens is 246 g/mol. The van der Waals surface area contributed by atoms with E-state index in [4.69, 9.17) is 0 Å². The Bertz CT molecular complexity index is 565. The van der Waals surface area contributed by atoms with Gasteiger partial charge in [0.2, 0.25) is 0 Å². The Hall–Kier alpha value is -1.87. The van der Waals surface area contributed by atoms with Crippen molar-refractivity contribution in [3.63, 3.8) is 0 Å². The zero-order valence-electron chi connectivity index (χ0n) is 12.0. The number of rotatable bonds is 1. The zero-order valence-corrected chi connectivity index (χ0v) is 12.0. The van der Waals surface area contributed by atoms with Crippen LogP contribution in [0.15, 0.2) is 48.1 Å². The molecule has 2 aliphatic heterocycles. The first-order valence-corrected chi connectivity index (χ1v) is 7.31. The minimum absolute atomic E-state index is 1.01. The zero-order chi connectivity index (χ0) is 13.9. The number of aliphatic imine (C=N–C) groups is 1. The fourth-order valence-corrected chi connectivity index (χ4v) is 2.92. The van der Waals surface area contributed by atoms with Crippen LogP contribution in [-0.4, -0.2) is 23.9 Å². The number of hydrogen-bond donors (Lipinski definition) is 0. The van der Waals surface area contributed by atoms with Crippen LogP contribution in [0.4, 0.5) is 5.69 Å². The van der Waals surface area contributed by atoms with Gasteiger partial charge in [0.05, 0.1) is 5.69 Å². The molecule has 2 aliphatic rings. The number of hydrogen-bond acceptors (Lipinski definition) is 3. The lowest BCUT2D eigenvalue weighted by Gasteiger charge is -2.39. The topological polar surface area (TPSA) is 18.8 Å². The van der Waals surface area contributed by atoms with E-state index in [1.165, 1.54) is 30.5 Å². The fourth-order valence-electron chi connectivity index (χ4n) is 2.92. The van der Waals surface area contributed by atoms with Crippen molar-refractivity contribution in [3.05, 3.63) is 48.7 Å². The molecule has 3 heteroatoms. The molecule has 20 heavy (non-hydrogen) atoms. The second-order valence-electron chi connectivity index (χ2n) is 5.36. The van der Waals surface area contributed by atoms with Gasteiger partial charge in [-0.1, -0.05) is 31.2 Å². The van der Waals surface area contributed by atoms with Crippen LogP contribution in [0.5, 0.6) is 0 Å². The number of benzene rings is 1. The van der Waals surface area contributed by atoms with Gasteiger partial charge in [0.15, 0.2) is 0 Å². The van der Waals surface area contributed by atoms with E-state index >= 15 is 0 Å². The molecule has 3 nitrogen and oxygen atoms in total. The summed E-state index contributed by atoms with van der Waals surface area (Å²) < 4.78 is 0. The number of nitrogens with zero attached hydrogens (tertiary/aromatic N) is 3. The largest absolute Gasteiger partial charge is 0.260 e. The van der Waals surface area contributed by atoms with Gasteiger partial charge < -0.3 is 0 Å². The van der Waals surface area contributed by atoms with Gasteiger partial charge in [-0.2, -0.15) is 0 Å². The van der Waals surface area contributed by atoms with E-state index in [9.17, 15) is 0 Å². The smallest absolute Gasteiger partial charge is 0.120 e. The minimum Gasteiger partial charge on any atom is -0.260 e. The number of fused-ring (bicyclic) bond motifs is 1. The van der Waals surface area contributed by atoms with E-state index in [1.54, 1.807) is 0 Å². The average Bonchev–Trinajstić information content (AvgIpc) is 2.48. The van der Waals surface area contributed by atoms with Crippen LogP contribution >= 0.6 is 0 Å². The van der Waals surface area contributed by atoms with Gasteiger partial charge in [-0.15, -0.1) is 0 Å². The molecule has 0 bridgehead atoms. The molecule has 1 aromatic rings. The van der Waals surface area contributed by atoms with Crippen molar-refractivity contribution in [2.24, 2.45) is 4.99 Å². The summed E-state index contributed by atoms with van der Waals surface area (Å²) in [6, 6.07) is 8.45. The monoisotopic (exact) mass is 267 g/mol. The van der Waals surface area contributed by atoms with Gasteiger partial charge in [0, 0.05) is 24.9 Å². The summed E-state index contributed by atoms with van der Waals surface area (Å²) in [5.41, 5.74) is 3.38. The van der Waals surface area contributed by atoms with Crippen LogP contribution < -0.4 is 5.01 Å². The summed E-state index contributed by atoms with van der Waals surface area (Å²) in [6.45, 7) is 8.42. The normalized spacial score (nSPS) is 21.8. The van der Waals surface area contributed by atoms with Gasteiger partial charge in [0.1, 0.15) is 5.84 Å². The molecule has 0 aromatic heterocycles. The molecule has 0 spiro atoms. The number of para-hydroxylation sites is 1. The minimum atomic E-state index is 1.01. The van der Waals surface area contributed by atoms with Crippen LogP contribution in [0.2, 0.25) is 0 Å². The van der Waals surface area contributed by atoms with Crippen molar-refractivity contribution in [1.82, 2.24) is 5.01 Å². The van der Waals surface area contributed by atoms with Crippen molar-refractivity contribution in [1.29, 1.82) is 0 Å². The number of amidine groups is 1. The van der Waals surface area contributed by atoms with Gasteiger partial charge in [0.25, 0.3) is 0 Å². The van der Waals surface area contributed by atoms with Crippen molar-refractivity contribution in [3.8, 4) is 0 Å². The maximum atomic E-state index is 4.55. The van der Waals surface area contributed by atoms with E-state index in [1.807, 2.05) is 12.3 Å². The van der Waals surface area contributed by atoms with Crippen LogP contribution in [0.1, 0.15) is 31.7 Å². The number of allylic oxidation sites excluding steroid dienone is 2. The van der Waals surface area contributed by atoms with E-state index in [0.29, 0.717) is 0 Å². The predicted molar refractivity (Wildman–Crippen MR) is 85.6 cm³/mol. The molecule has 0 radical (unpaired) electrons. The molecule has 1 aromatic carbocycles. The first kappa shape index (κ1) is 13.1. The molecule has 0 aliphatic carbocycles. The van der Waals surface area contributed by atoms with Gasteiger partial charge in [-0.3, -0.25) is 5.01 Å². The lowest BCUT2D eigenvalue weighted by molar-refractivity contribution is 0.236. The highest BCUT2D eigenvalue weighted by Crippen LogP contribution is 2.31. The molecule has 0 unspecified atom stereocenters. The summed E-state index contributed by atoms with van der Waals surface area (Å²) in [5, 5.41) is 4.68. The predicted octanol–water partition coefficient (Wildman–Crippen LogP) is 3.85. The van der Waals surface area contributed by atoms with Crippen molar-refractivity contribution in [2.75, 3.05) is 18.1 Å². The third-order valence-electron chi connectivity index (χ3n) is 3.94. The first-order valence-electron chi connectivity index (χ1n) is 7.31. The molecule has 1 fully saturated rings. The molecule has 0 saturated carbocycles. The molecular formula is C17H21N3. The lowest BCUT2D eigenvalue weighted by atomic mass is 10.0. The molecule has 0 amide bonds. The van der Waals surface area contributed by atoms with Gasteiger partial charge in [-0.25, -0.2) is 10.0 Å². The van der Waals surface area contributed by atoms with Gasteiger partial charge >= 0.3 is 0 Å². The maximum absolute atomic E-state index is 4.55. The van der Waals surface area contributed by atoms with Crippen molar-refractivity contribution >= 4 is 17.1 Å². The Morgan fingerprint density at radius 1 is 1.10 bits per heavy atom. The highest BCUT2D eigenvalue weighted by molar-refractivity contribution is 5.99. The number of hydrazine groups is 1. The first-order chi connectivity index (χ1) is 9.77. The highest BCUT2D eigenvalue weighted by atomic mass is 15.6. The molecule has 1 saturated heterocycles. The third kappa shape index (κ3) is 2.41. The lowest BCUT2D eigenvalue weighted by Crippen LogP contribution is -2.48. The number of anilines is 1. The van der Waals surface area contributed by atoms with Crippen molar-refractivity contribution in [2.45, 2.75) is 26.2 Å². The molecule has 104 valence electrons. The highest BCUT2D eigenvalue weighted by Gasteiger charge is 2.23. The summed E-state index contributed by atoms with van der Waals surface area (Å²) in [4.78, 5) is 4.55. The second kappa shape index (κ2) is 5.63.